The third-order valence-electron chi connectivity index (χ3n) is 4.28. The Labute approximate surface area is 121 Å². The topological polar surface area (TPSA) is 56.7 Å². The number of hydrogen-bond acceptors (Lipinski definition) is 4. The Morgan fingerprint density at radius 2 is 2.20 bits per heavy atom. The van der Waals surface area contributed by atoms with Gasteiger partial charge in [0.25, 0.3) is 0 Å². The summed E-state index contributed by atoms with van der Waals surface area (Å²) in [4.78, 5) is 9.98. The minimum absolute atomic E-state index is 0.522. The molecule has 2 atom stereocenters. The molecule has 1 fully saturated rings. The molecule has 0 spiro atoms. The molecule has 3 aromatic rings. The zero-order valence-corrected chi connectivity index (χ0v) is 11.9. The van der Waals surface area contributed by atoms with Crippen LogP contribution >= 0.6 is 11.3 Å². The van der Waals surface area contributed by atoms with Gasteiger partial charge in [0.1, 0.15) is 17.8 Å². The van der Waals surface area contributed by atoms with Crippen LogP contribution in [0.1, 0.15) is 36.1 Å². The number of aromatic nitrogens is 3. The highest BCUT2D eigenvalue weighted by Crippen LogP contribution is 2.43. The summed E-state index contributed by atoms with van der Waals surface area (Å²) in [6, 6.07) is 6.95. The van der Waals surface area contributed by atoms with Crippen molar-refractivity contribution in [2.24, 2.45) is 0 Å². The lowest BCUT2D eigenvalue weighted by molar-refractivity contribution is 0.524. The first kappa shape index (κ1) is 11.9. The molecule has 1 saturated carbocycles. The fourth-order valence-electron chi connectivity index (χ4n) is 3.28. The number of nitrogens with two attached hydrogens (primary N) is 1. The van der Waals surface area contributed by atoms with E-state index in [1.54, 1.807) is 6.33 Å². The Kier molecular flexibility index (Phi) is 2.73. The van der Waals surface area contributed by atoms with Gasteiger partial charge in [-0.3, -0.25) is 0 Å². The highest BCUT2D eigenvalue weighted by Gasteiger charge is 2.28. The van der Waals surface area contributed by atoms with E-state index in [9.17, 15) is 0 Å². The molecule has 5 heteroatoms. The third kappa shape index (κ3) is 1.81. The van der Waals surface area contributed by atoms with Crippen LogP contribution in [0.4, 0.5) is 5.82 Å². The Balaban J connectivity index is 1.66. The minimum Gasteiger partial charge on any atom is -0.383 e. The Morgan fingerprint density at radius 1 is 1.25 bits per heavy atom. The fraction of sp³-hybridized carbons (Fsp3) is 0.333. The van der Waals surface area contributed by atoms with Gasteiger partial charge in [-0.15, -0.1) is 11.3 Å². The molecule has 20 heavy (non-hydrogen) atoms. The summed E-state index contributed by atoms with van der Waals surface area (Å²) >= 11 is 1.87. The van der Waals surface area contributed by atoms with Crippen LogP contribution in [0, 0.1) is 0 Å². The van der Waals surface area contributed by atoms with Crippen LogP contribution in [0.15, 0.2) is 36.1 Å². The predicted molar refractivity (Wildman–Crippen MR) is 81.9 cm³/mol. The standard InChI is InChI=1S/C15H16N4S/c16-14-12-5-6-19(15(12)18-9-17-14)11-4-3-10(8-11)13-2-1-7-20-13/h1-2,5-7,9-11H,3-4,8H2,(H2,16,17,18). The largest absolute Gasteiger partial charge is 0.383 e. The number of anilines is 1. The molecule has 102 valence electrons. The fourth-order valence-corrected chi connectivity index (χ4v) is 4.16. The maximum Gasteiger partial charge on any atom is 0.145 e. The van der Waals surface area contributed by atoms with Gasteiger partial charge in [-0.1, -0.05) is 6.07 Å². The molecule has 0 saturated heterocycles. The average molecular weight is 284 g/mol. The SMILES string of the molecule is Nc1ncnc2c1ccn2C1CCC(c2cccs2)C1. The second-order valence-electron chi connectivity index (χ2n) is 5.40. The lowest BCUT2D eigenvalue weighted by atomic mass is 10.1. The molecule has 3 aromatic heterocycles. The van der Waals surface area contributed by atoms with Gasteiger partial charge in [-0.05, 0) is 42.7 Å². The zero-order valence-electron chi connectivity index (χ0n) is 11.1. The molecule has 2 unspecified atom stereocenters. The Morgan fingerprint density at radius 3 is 3.05 bits per heavy atom. The summed E-state index contributed by atoms with van der Waals surface area (Å²) in [5, 5.41) is 3.13. The monoisotopic (exact) mass is 284 g/mol. The van der Waals surface area contributed by atoms with Crippen molar-refractivity contribution in [2.45, 2.75) is 31.2 Å². The summed E-state index contributed by atoms with van der Waals surface area (Å²) in [6.07, 6.45) is 7.31. The Bertz CT molecular complexity index is 732. The van der Waals surface area contributed by atoms with Gasteiger partial charge < -0.3 is 10.3 Å². The molecule has 2 N–H and O–H groups in total. The van der Waals surface area contributed by atoms with E-state index in [4.69, 9.17) is 5.73 Å². The van der Waals surface area contributed by atoms with E-state index in [1.807, 2.05) is 17.4 Å². The number of rotatable bonds is 2. The zero-order chi connectivity index (χ0) is 13.5. The normalized spacial score (nSPS) is 22.6. The van der Waals surface area contributed by atoms with Crippen LogP contribution in [-0.4, -0.2) is 14.5 Å². The first-order valence-corrected chi connectivity index (χ1v) is 7.81. The molecular formula is C15H16N4S. The minimum atomic E-state index is 0.522. The molecule has 3 heterocycles. The van der Waals surface area contributed by atoms with Gasteiger partial charge in [0.2, 0.25) is 0 Å². The highest BCUT2D eigenvalue weighted by atomic mass is 32.1. The first-order valence-electron chi connectivity index (χ1n) is 6.93. The van der Waals surface area contributed by atoms with Gasteiger partial charge in [0.05, 0.1) is 5.39 Å². The van der Waals surface area contributed by atoms with E-state index in [0.717, 1.165) is 11.0 Å². The molecule has 0 radical (unpaired) electrons. The third-order valence-corrected chi connectivity index (χ3v) is 5.32. The maximum absolute atomic E-state index is 5.91. The average Bonchev–Trinajstić information content (AvgIpc) is 3.18. The summed E-state index contributed by atoms with van der Waals surface area (Å²) in [5.41, 5.74) is 6.88. The lowest BCUT2D eigenvalue weighted by Gasteiger charge is -2.13. The summed E-state index contributed by atoms with van der Waals surface area (Å²) in [7, 11) is 0. The van der Waals surface area contributed by atoms with E-state index in [0.29, 0.717) is 17.8 Å². The van der Waals surface area contributed by atoms with Crippen LogP contribution in [0.2, 0.25) is 0 Å². The van der Waals surface area contributed by atoms with Crippen LogP contribution in [-0.2, 0) is 0 Å². The molecule has 0 bridgehead atoms. The van der Waals surface area contributed by atoms with Crippen molar-refractivity contribution in [3.8, 4) is 0 Å². The first-order chi connectivity index (χ1) is 9.83. The van der Waals surface area contributed by atoms with Crippen molar-refractivity contribution in [1.82, 2.24) is 14.5 Å². The second-order valence-corrected chi connectivity index (χ2v) is 6.38. The van der Waals surface area contributed by atoms with Gasteiger partial charge in [-0.25, -0.2) is 9.97 Å². The maximum atomic E-state index is 5.91. The molecule has 4 rings (SSSR count). The lowest BCUT2D eigenvalue weighted by Crippen LogP contribution is -2.05. The molecule has 0 amide bonds. The van der Waals surface area contributed by atoms with Crippen molar-refractivity contribution >= 4 is 28.2 Å². The molecule has 4 nitrogen and oxygen atoms in total. The summed E-state index contributed by atoms with van der Waals surface area (Å²) < 4.78 is 2.28. The highest BCUT2D eigenvalue weighted by molar-refractivity contribution is 7.10. The van der Waals surface area contributed by atoms with E-state index in [1.165, 1.54) is 24.1 Å². The molecule has 1 aliphatic rings. The summed E-state index contributed by atoms with van der Waals surface area (Å²) in [6.45, 7) is 0. The molecule has 0 aliphatic heterocycles. The van der Waals surface area contributed by atoms with Crippen molar-refractivity contribution in [2.75, 3.05) is 5.73 Å². The van der Waals surface area contributed by atoms with Gasteiger partial charge in [0, 0.05) is 17.1 Å². The van der Waals surface area contributed by atoms with Crippen LogP contribution in [0.25, 0.3) is 11.0 Å². The van der Waals surface area contributed by atoms with Crippen molar-refractivity contribution in [3.05, 3.63) is 41.0 Å². The van der Waals surface area contributed by atoms with Crippen molar-refractivity contribution < 1.29 is 0 Å². The van der Waals surface area contributed by atoms with Crippen LogP contribution < -0.4 is 5.73 Å². The summed E-state index contributed by atoms with van der Waals surface area (Å²) in [5.74, 6) is 1.26. The van der Waals surface area contributed by atoms with Crippen LogP contribution in [0.5, 0.6) is 0 Å². The van der Waals surface area contributed by atoms with Crippen molar-refractivity contribution in [1.29, 1.82) is 0 Å². The Hall–Kier alpha value is -1.88. The number of nitrogen functional groups attached to an aromatic ring is 1. The van der Waals surface area contributed by atoms with Crippen LogP contribution in [0.3, 0.4) is 0 Å². The van der Waals surface area contributed by atoms with E-state index in [2.05, 4.69) is 38.2 Å². The second kappa shape index (κ2) is 4.59. The van der Waals surface area contributed by atoms with E-state index in [-0.39, 0.29) is 0 Å². The predicted octanol–water partition coefficient (Wildman–Crippen LogP) is 3.58. The van der Waals surface area contributed by atoms with Gasteiger partial charge in [0.15, 0.2) is 0 Å². The number of hydrogen-bond donors (Lipinski definition) is 1. The molecule has 1 aliphatic carbocycles. The van der Waals surface area contributed by atoms with E-state index >= 15 is 0 Å². The molecular weight excluding hydrogens is 268 g/mol. The number of thiophene rings is 1. The van der Waals surface area contributed by atoms with Crippen molar-refractivity contribution in [3.63, 3.8) is 0 Å². The van der Waals surface area contributed by atoms with Gasteiger partial charge >= 0.3 is 0 Å². The molecule has 0 aromatic carbocycles. The number of nitrogens with zero attached hydrogens (tertiary/aromatic N) is 3. The van der Waals surface area contributed by atoms with E-state index < -0.39 is 0 Å². The van der Waals surface area contributed by atoms with Gasteiger partial charge in [-0.2, -0.15) is 0 Å². The number of fused-ring (bicyclic) bond motifs is 1. The quantitative estimate of drug-likeness (QED) is 0.782. The smallest absolute Gasteiger partial charge is 0.145 e.